The van der Waals surface area contributed by atoms with Crippen LogP contribution < -0.4 is 36.5 Å². The first-order valence-electron chi connectivity index (χ1n) is 17.9. The summed E-state index contributed by atoms with van der Waals surface area (Å²) in [4.78, 5) is 8.45. The van der Waals surface area contributed by atoms with Crippen molar-refractivity contribution < 1.29 is 19.0 Å². The van der Waals surface area contributed by atoms with E-state index in [0.29, 0.717) is 23.1 Å². The number of aryl methyl sites for hydroxylation is 1. The van der Waals surface area contributed by atoms with Gasteiger partial charge in [0.1, 0.15) is 23.1 Å². The third kappa shape index (κ3) is 16.3. The number of aromatic hydroxyl groups is 1. The highest BCUT2D eigenvalue weighted by atomic mass is 35.5. The van der Waals surface area contributed by atoms with Crippen LogP contribution >= 0.6 is 11.6 Å². The van der Waals surface area contributed by atoms with Crippen molar-refractivity contribution >= 4 is 17.4 Å². The number of ether oxygens (including phenoxy) is 2. The Kier molecular flexibility index (Phi) is 19.7. The molecule has 0 fully saturated rings. The van der Waals surface area contributed by atoms with E-state index in [1.165, 1.54) is 25.0 Å². The number of phenolic OH excluding ortho intramolecular Hbond substituents is 1. The normalized spacial score (nSPS) is 11.4. The zero-order valence-corrected chi connectivity index (χ0v) is 30.9. The van der Waals surface area contributed by atoms with E-state index in [-0.39, 0.29) is 22.9 Å². The SMILES string of the molecule is CCc1cc(NC(CC)c2ccc(Oc3ccc(F)cc3)cc2)nc(Cl)n1.COc1cc(CNCCCNCCCCNCCCN)ccc1O. The number of halogens is 2. The van der Waals surface area contributed by atoms with Gasteiger partial charge in [0.15, 0.2) is 11.5 Å². The van der Waals surface area contributed by atoms with Gasteiger partial charge in [-0.3, -0.25) is 0 Å². The van der Waals surface area contributed by atoms with Crippen LogP contribution in [0.1, 0.15) is 68.8 Å². The minimum atomic E-state index is -0.286. The number of methoxy groups -OCH3 is 1. The molecule has 1 unspecified atom stereocenters. The topological polar surface area (TPSA) is 139 Å². The average Bonchev–Trinajstić information content (AvgIpc) is 3.14. The Morgan fingerprint density at radius 3 is 2.06 bits per heavy atom. The van der Waals surface area contributed by atoms with Gasteiger partial charge < -0.3 is 41.6 Å². The number of benzene rings is 3. The van der Waals surface area contributed by atoms with Gasteiger partial charge >= 0.3 is 0 Å². The second kappa shape index (κ2) is 24.2. The van der Waals surface area contributed by atoms with E-state index in [4.69, 9.17) is 26.8 Å². The van der Waals surface area contributed by atoms with Crippen molar-refractivity contribution in [3.63, 3.8) is 0 Å². The summed E-state index contributed by atoms with van der Waals surface area (Å²) in [5, 5.41) is 23.5. The quantitative estimate of drug-likeness (QED) is 0.0360. The first kappa shape index (κ1) is 41.4. The molecule has 0 saturated carbocycles. The van der Waals surface area contributed by atoms with Crippen LogP contribution in [0.4, 0.5) is 10.2 Å². The van der Waals surface area contributed by atoms with Crippen molar-refractivity contribution in [1.29, 1.82) is 0 Å². The fourth-order valence-electron chi connectivity index (χ4n) is 5.11. The third-order valence-electron chi connectivity index (χ3n) is 7.97. The van der Waals surface area contributed by atoms with Crippen molar-refractivity contribution in [3.05, 3.63) is 101 Å². The van der Waals surface area contributed by atoms with Crippen molar-refractivity contribution in [2.75, 3.05) is 51.7 Å². The van der Waals surface area contributed by atoms with Gasteiger partial charge in [-0.2, -0.15) is 0 Å². The summed E-state index contributed by atoms with van der Waals surface area (Å²) >= 11 is 6.01. The van der Waals surface area contributed by atoms with Gasteiger partial charge in [0.2, 0.25) is 5.28 Å². The van der Waals surface area contributed by atoms with Crippen LogP contribution in [0.5, 0.6) is 23.0 Å². The number of nitrogens with one attached hydrogen (secondary N) is 4. The first-order valence-corrected chi connectivity index (χ1v) is 18.2. The Morgan fingerprint density at radius 1 is 0.804 bits per heavy atom. The van der Waals surface area contributed by atoms with E-state index in [1.807, 2.05) is 49.4 Å². The summed E-state index contributed by atoms with van der Waals surface area (Å²) in [6.45, 7) is 10.9. The van der Waals surface area contributed by atoms with Crippen molar-refractivity contribution in [3.8, 4) is 23.0 Å². The number of unbranched alkanes of at least 4 members (excludes halogenated alkanes) is 1. The molecule has 278 valence electrons. The summed E-state index contributed by atoms with van der Waals surface area (Å²) in [5.74, 6) is 2.42. The van der Waals surface area contributed by atoms with Gasteiger partial charge in [0, 0.05) is 18.3 Å². The Balaban J connectivity index is 0.000000278. The maximum atomic E-state index is 13.0. The maximum Gasteiger partial charge on any atom is 0.224 e. The van der Waals surface area contributed by atoms with E-state index >= 15 is 0 Å². The van der Waals surface area contributed by atoms with Crippen LogP contribution in [0.2, 0.25) is 5.28 Å². The monoisotopic (exact) mass is 723 g/mol. The second-order valence-electron chi connectivity index (χ2n) is 12.0. The number of rotatable bonds is 22. The molecular formula is C39H55ClFN7O3. The Hall–Kier alpha value is -4.00. The molecule has 0 aliphatic heterocycles. The van der Waals surface area contributed by atoms with Crippen LogP contribution in [0.15, 0.2) is 72.8 Å². The lowest BCUT2D eigenvalue weighted by Crippen LogP contribution is -2.24. The molecule has 0 radical (unpaired) electrons. The molecule has 0 aliphatic rings. The van der Waals surface area contributed by atoms with E-state index < -0.39 is 0 Å². The van der Waals surface area contributed by atoms with Gasteiger partial charge in [-0.15, -0.1) is 0 Å². The van der Waals surface area contributed by atoms with E-state index in [2.05, 4.69) is 38.2 Å². The lowest BCUT2D eigenvalue weighted by molar-refractivity contribution is 0.373. The molecule has 0 amide bonds. The predicted octanol–water partition coefficient (Wildman–Crippen LogP) is 7.38. The largest absolute Gasteiger partial charge is 0.504 e. The number of nitrogens with two attached hydrogens (primary N) is 1. The van der Waals surface area contributed by atoms with Crippen LogP contribution in [-0.2, 0) is 13.0 Å². The molecule has 4 rings (SSSR count). The van der Waals surface area contributed by atoms with Crippen molar-refractivity contribution in [2.24, 2.45) is 5.73 Å². The smallest absolute Gasteiger partial charge is 0.224 e. The molecule has 0 spiro atoms. The second-order valence-corrected chi connectivity index (χ2v) is 12.3. The van der Waals surface area contributed by atoms with Crippen LogP contribution in [-0.4, -0.2) is 61.5 Å². The molecule has 3 aromatic carbocycles. The maximum absolute atomic E-state index is 13.0. The molecule has 1 aromatic heterocycles. The highest BCUT2D eigenvalue weighted by Crippen LogP contribution is 2.28. The van der Waals surface area contributed by atoms with Gasteiger partial charge in [0.05, 0.1) is 13.2 Å². The molecule has 0 bridgehead atoms. The van der Waals surface area contributed by atoms with E-state index in [9.17, 15) is 9.50 Å². The number of nitrogens with zero attached hydrogens (tertiary/aromatic N) is 2. The molecule has 1 atom stereocenters. The highest BCUT2D eigenvalue weighted by molar-refractivity contribution is 6.28. The van der Waals surface area contributed by atoms with E-state index in [1.54, 1.807) is 25.3 Å². The minimum absolute atomic E-state index is 0.0838. The lowest BCUT2D eigenvalue weighted by Gasteiger charge is -2.19. The Morgan fingerprint density at radius 2 is 1.43 bits per heavy atom. The first-order chi connectivity index (χ1) is 24.8. The predicted molar refractivity (Wildman–Crippen MR) is 206 cm³/mol. The number of hydrogen-bond donors (Lipinski definition) is 6. The Labute approximate surface area is 307 Å². The zero-order chi connectivity index (χ0) is 36.7. The fourth-order valence-corrected chi connectivity index (χ4v) is 5.31. The average molecular weight is 724 g/mol. The molecule has 0 saturated heterocycles. The fraction of sp³-hybridized carbons (Fsp3) is 0.436. The molecular weight excluding hydrogens is 669 g/mol. The summed E-state index contributed by atoms with van der Waals surface area (Å²) in [6, 6.07) is 21.2. The molecule has 51 heavy (non-hydrogen) atoms. The summed E-state index contributed by atoms with van der Waals surface area (Å²) < 4.78 is 23.8. The molecule has 1 heterocycles. The summed E-state index contributed by atoms with van der Waals surface area (Å²) in [5.41, 5.74) is 8.56. The molecule has 0 aliphatic carbocycles. The van der Waals surface area contributed by atoms with Crippen LogP contribution in [0.3, 0.4) is 0 Å². The number of phenols is 1. The number of hydrogen-bond acceptors (Lipinski definition) is 10. The van der Waals surface area contributed by atoms with E-state index in [0.717, 1.165) is 88.3 Å². The van der Waals surface area contributed by atoms with Crippen LogP contribution in [0.25, 0.3) is 0 Å². The number of anilines is 1. The Bertz CT molecular complexity index is 1530. The van der Waals surface area contributed by atoms with Gasteiger partial charge in [-0.05, 0) is 149 Å². The standard InChI is InChI=1S/C21H21ClFN3O.C18H34N4O2/c1-3-16-13-20(26-21(22)24-16)25-19(4-2)14-5-9-17(10-6-14)27-18-11-7-15(23)8-12-18;1-24-18-14-16(6-7-17(18)23)15-22-13-5-12-21-10-3-2-9-20-11-4-8-19/h5-13,19H,3-4H2,1-2H3,(H,24,25,26);6-7,14,20-23H,2-5,8-13,15,19H2,1H3. The van der Waals surface area contributed by atoms with Gasteiger partial charge in [0.25, 0.3) is 0 Å². The van der Waals surface area contributed by atoms with Crippen molar-refractivity contribution in [2.45, 2.75) is 65.0 Å². The molecule has 7 N–H and O–H groups in total. The number of aromatic nitrogens is 2. The van der Waals surface area contributed by atoms with Gasteiger partial charge in [-0.1, -0.05) is 32.0 Å². The zero-order valence-electron chi connectivity index (χ0n) is 30.2. The van der Waals surface area contributed by atoms with Gasteiger partial charge in [-0.25, -0.2) is 14.4 Å². The van der Waals surface area contributed by atoms with Crippen molar-refractivity contribution in [1.82, 2.24) is 25.9 Å². The third-order valence-corrected chi connectivity index (χ3v) is 8.14. The minimum Gasteiger partial charge on any atom is -0.504 e. The van der Waals surface area contributed by atoms with Crippen LogP contribution in [0, 0.1) is 5.82 Å². The lowest BCUT2D eigenvalue weighted by atomic mass is 10.0. The summed E-state index contributed by atoms with van der Waals surface area (Å²) in [7, 11) is 1.56. The molecule has 10 nitrogen and oxygen atoms in total. The summed E-state index contributed by atoms with van der Waals surface area (Å²) in [6.07, 6.45) is 6.24. The highest BCUT2D eigenvalue weighted by Gasteiger charge is 2.12. The molecule has 12 heteroatoms. The molecule has 4 aromatic rings.